The SMILES string of the molecule is NC(C(=O)O)c1cccc(F)c1Cl. The van der Waals surface area contributed by atoms with Crippen molar-refractivity contribution < 1.29 is 14.3 Å². The Morgan fingerprint density at radius 3 is 2.77 bits per heavy atom. The highest BCUT2D eigenvalue weighted by Crippen LogP contribution is 2.24. The summed E-state index contributed by atoms with van der Waals surface area (Å²) in [7, 11) is 0. The number of nitrogens with two attached hydrogens (primary N) is 1. The van der Waals surface area contributed by atoms with Gasteiger partial charge in [-0.05, 0) is 6.07 Å². The zero-order valence-corrected chi connectivity index (χ0v) is 7.25. The van der Waals surface area contributed by atoms with E-state index >= 15 is 0 Å². The van der Waals surface area contributed by atoms with Gasteiger partial charge in [-0.15, -0.1) is 0 Å². The molecular weight excluding hydrogens is 197 g/mol. The standard InChI is InChI=1S/C8H7ClFNO2/c9-6-4(7(11)8(12)13)2-1-3-5(6)10/h1-3,7H,11H2,(H,12,13). The van der Waals surface area contributed by atoms with Gasteiger partial charge in [0.2, 0.25) is 0 Å². The molecule has 1 aromatic rings. The molecule has 3 N–H and O–H groups in total. The lowest BCUT2D eigenvalue weighted by Crippen LogP contribution is -2.21. The fourth-order valence-corrected chi connectivity index (χ4v) is 1.14. The van der Waals surface area contributed by atoms with E-state index in [2.05, 4.69) is 0 Å². The van der Waals surface area contributed by atoms with E-state index in [4.69, 9.17) is 22.4 Å². The summed E-state index contributed by atoms with van der Waals surface area (Å²) in [5.74, 6) is -1.91. The first-order chi connectivity index (χ1) is 6.04. The van der Waals surface area contributed by atoms with Crippen LogP contribution in [0.3, 0.4) is 0 Å². The van der Waals surface area contributed by atoms with Gasteiger partial charge < -0.3 is 10.8 Å². The summed E-state index contributed by atoms with van der Waals surface area (Å²) >= 11 is 5.51. The van der Waals surface area contributed by atoms with E-state index in [1.165, 1.54) is 12.1 Å². The van der Waals surface area contributed by atoms with Gasteiger partial charge >= 0.3 is 5.97 Å². The maximum Gasteiger partial charge on any atom is 0.325 e. The van der Waals surface area contributed by atoms with E-state index in [1.54, 1.807) is 0 Å². The van der Waals surface area contributed by atoms with E-state index in [1.807, 2.05) is 0 Å². The van der Waals surface area contributed by atoms with Gasteiger partial charge in [0, 0.05) is 5.56 Å². The van der Waals surface area contributed by atoms with Crippen molar-refractivity contribution in [1.82, 2.24) is 0 Å². The second-order valence-corrected chi connectivity index (χ2v) is 2.84. The molecule has 1 rings (SSSR count). The Kier molecular flexibility index (Phi) is 2.85. The van der Waals surface area contributed by atoms with Crippen molar-refractivity contribution in [3.63, 3.8) is 0 Å². The van der Waals surface area contributed by atoms with Crippen LogP contribution in [0.15, 0.2) is 18.2 Å². The minimum Gasteiger partial charge on any atom is -0.480 e. The number of aliphatic carboxylic acids is 1. The van der Waals surface area contributed by atoms with E-state index in [0.29, 0.717) is 0 Å². The molecule has 5 heteroatoms. The lowest BCUT2D eigenvalue weighted by Gasteiger charge is -2.08. The summed E-state index contributed by atoms with van der Waals surface area (Å²) in [6.45, 7) is 0. The first-order valence-corrected chi connectivity index (χ1v) is 3.84. The molecule has 0 bridgehead atoms. The summed E-state index contributed by atoms with van der Waals surface area (Å²) in [5.41, 5.74) is 5.33. The van der Waals surface area contributed by atoms with Crippen LogP contribution in [0.1, 0.15) is 11.6 Å². The predicted octanol–water partition coefficient (Wildman–Crippen LogP) is 1.56. The second kappa shape index (κ2) is 3.72. The van der Waals surface area contributed by atoms with Crippen LogP contribution in [0.4, 0.5) is 4.39 Å². The third kappa shape index (κ3) is 1.96. The highest BCUT2D eigenvalue weighted by atomic mass is 35.5. The fraction of sp³-hybridized carbons (Fsp3) is 0.125. The molecule has 0 radical (unpaired) electrons. The molecule has 0 aliphatic heterocycles. The van der Waals surface area contributed by atoms with Crippen LogP contribution >= 0.6 is 11.6 Å². The number of carboxylic acid groups (broad SMARTS) is 1. The third-order valence-corrected chi connectivity index (χ3v) is 1.98. The van der Waals surface area contributed by atoms with Gasteiger partial charge in [0.05, 0.1) is 5.02 Å². The zero-order chi connectivity index (χ0) is 10.0. The smallest absolute Gasteiger partial charge is 0.325 e. The van der Waals surface area contributed by atoms with Gasteiger partial charge in [0.15, 0.2) is 0 Å². The maximum absolute atomic E-state index is 12.8. The Balaban J connectivity index is 3.15. The number of rotatable bonds is 2. The van der Waals surface area contributed by atoms with Gasteiger partial charge in [0.1, 0.15) is 11.9 Å². The fourth-order valence-electron chi connectivity index (χ4n) is 0.894. The molecular formula is C8H7ClFNO2. The number of carboxylic acids is 1. The Bertz CT molecular complexity index is 343. The molecule has 0 fully saturated rings. The molecule has 0 aliphatic rings. The van der Waals surface area contributed by atoms with Gasteiger partial charge in [-0.2, -0.15) is 0 Å². The molecule has 0 aliphatic carbocycles. The lowest BCUT2D eigenvalue weighted by atomic mass is 10.1. The molecule has 0 amide bonds. The highest BCUT2D eigenvalue weighted by Gasteiger charge is 2.18. The molecule has 1 unspecified atom stereocenters. The molecule has 13 heavy (non-hydrogen) atoms. The summed E-state index contributed by atoms with van der Waals surface area (Å²) in [6.07, 6.45) is 0. The Morgan fingerprint density at radius 1 is 1.62 bits per heavy atom. The maximum atomic E-state index is 12.8. The minimum absolute atomic E-state index is 0.0779. The second-order valence-electron chi connectivity index (χ2n) is 2.46. The van der Waals surface area contributed by atoms with Gasteiger partial charge in [-0.1, -0.05) is 23.7 Å². The van der Waals surface area contributed by atoms with E-state index in [0.717, 1.165) is 6.07 Å². The average molecular weight is 204 g/mol. The predicted molar refractivity (Wildman–Crippen MR) is 46.0 cm³/mol. The van der Waals surface area contributed by atoms with Gasteiger partial charge in [-0.3, -0.25) is 4.79 Å². The summed E-state index contributed by atoms with van der Waals surface area (Å²) < 4.78 is 12.8. The first kappa shape index (κ1) is 9.95. The van der Waals surface area contributed by atoms with Crippen molar-refractivity contribution in [1.29, 1.82) is 0 Å². The van der Waals surface area contributed by atoms with Crippen molar-refractivity contribution in [3.05, 3.63) is 34.6 Å². The minimum atomic E-state index is -1.29. The number of benzene rings is 1. The molecule has 0 spiro atoms. The van der Waals surface area contributed by atoms with Crippen LogP contribution in [0, 0.1) is 5.82 Å². The van der Waals surface area contributed by atoms with E-state index in [-0.39, 0.29) is 10.6 Å². The molecule has 1 atom stereocenters. The first-order valence-electron chi connectivity index (χ1n) is 3.46. The van der Waals surface area contributed by atoms with Crippen LogP contribution in [0.2, 0.25) is 5.02 Å². The molecule has 1 aromatic carbocycles. The summed E-state index contributed by atoms with van der Waals surface area (Å²) in [6, 6.07) is 2.59. The van der Waals surface area contributed by atoms with Crippen LogP contribution in [0.5, 0.6) is 0 Å². The highest BCUT2D eigenvalue weighted by molar-refractivity contribution is 6.31. The number of hydrogen-bond acceptors (Lipinski definition) is 2. The van der Waals surface area contributed by atoms with Crippen LogP contribution in [0.25, 0.3) is 0 Å². The number of halogens is 2. The van der Waals surface area contributed by atoms with E-state index in [9.17, 15) is 9.18 Å². The zero-order valence-electron chi connectivity index (χ0n) is 6.50. The molecule has 0 saturated carbocycles. The van der Waals surface area contributed by atoms with Gasteiger partial charge in [-0.25, -0.2) is 4.39 Å². The van der Waals surface area contributed by atoms with Crippen molar-refractivity contribution in [2.45, 2.75) is 6.04 Å². The van der Waals surface area contributed by atoms with Crippen LogP contribution in [-0.2, 0) is 4.79 Å². The number of hydrogen-bond donors (Lipinski definition) is 2. The van der Waals surface area contributed by atoms with Crippen molar-refractivity contribution in [2.24, 2.45) is 5.73 Å². The summed E-state index contributed by atoms with van der Waals surface area (Å²) in [4.78, 5) is 10.5. The van der Waals surface area contributed by atoms with Crippen LogP contribution < -0.4 is 5.73 Å². The molecule has 0 aromatic heterocycles. The molecule has 70 valence electrons. The third-order valence-electron chi connectivity index (χ3n) is 1.58. The van der Waals surface area contributed by atoms with Crippen molar-refractivity contribution in [3.8, 4) is 0 Å². The Morgan fingerprint density at radius 2 is 2.23 bits per heavy atom. The number of carbonyl (C=O) groups is 1. The van der Waals surface area contributed by atoms with E-state index < -0.39 is 17.8 Å². The average Bonchev–Trinajstić information content (AvgIpc) is 2.08. The molecule has 0 saturated heterocycles. The topological polar surface area (TPSA) is 63.3 Å². The summed E-state index contributed by atoms with van der Waals surface area (Å²) in [5, 5.41) is 8.31. The quantitative estimate of drug-likeness (QED) is 0.767. The Hall–Kier alpha value is -1.13. The van der Waals surface area contributed by atoms with Crippen LogP contribution in [-0.4, -0.2) is 11.1 Å². The van der Waals surface area contributed by atoms with Crippen molar-refractivity contribution in [2.75, 3.05) is 0 Å². The van der Waals surface area contributed by atoms with Crippen molar-refractivity contribution >= 4 is 17.6 Å². The Labute approximate surface area is 78.9 Å². The lowest BCUT2D eigenvalue weighted by molar-refractivity contribution is -0.138. The molecule has 0 heterocycles. The normalized spacial score (nSPS) is 12.5. The van der Waals surface area contributed by atoms with Gasteiger partial charge in [0.25, 0.3) is 0 Å². The monoisotopic (exact) mass is 203 g/mol. The molecule has 3 nitrogen and oxygen atoms in total. The largest absolute Gasteiger partial charge is 0.480 e.